The Morgan fingerprint density at radius 2 is 1.19 bits per heavy atom. The highest BCUT2D eigenvalue weighted by Gasteiger charge is 2.18. The first-order valence-corrected chi connectivity index (χ1v) is 13.8. The van der Waals surface area contributed by atoms with Gasteiger partial charge in [-0.1, -0.05) is 84.9 Å². The van der Waals surface area contributed by atoms with Gasteiger partial charge in [0.05, 0.1) is 46.0 Å². The van der Waals surface area contributed by atoms with Crippen LogP contribution in [0.4, 0.5) is 5.69 Å². The van der Waals surface area contributed by atoms with Crippen molar-refractivity contribution in [1.82, 2.24) is 9.13 Å². The standard InChI is InChI=1S/C38H22N4/c1-40-27-17-15-26(16-18-27)29-8-2-5-11-34(29)42-36-13-7-3-9-30(36)32-20-19-28(23-38(32)42)41-35-12-6-4-10-31(35)33-22-25(24-39)14-21-37(33)41/h2-23H. The van der Waals surface area contributed by atoms with E-state index in [2.05, 4.69) is 111 Å². The Morgan fingerprint density at radius 3 is 1.95 bits per heavy atom. The summed E-state index contributed by atoms with van der Waals surface area (Å²) in [6.07, 6.45) is 0. The van der Waals surface area contributed by atoms with Gasteiger partial charge in [-0.05, 0) is 54.1 Å². The van der Waals surface area contributed by atoms with Crippen LogP contribution in [0.1, 0.15) is 5.56 Å². The first-order valence-electron chi connectivity index (χ1n) is 13.8. The third kappa shape index (κ3) is 3.47. The van der Waals surface area contributed by atoms with Crippen LogP contribution in [0.3, 0.4) is 0 Å². The number of nitrogens with zero attached hydrogens (tertiary/aromatic N) is 4. The van der Waals surface area contributed by atoms with E-state index in [1.54, 1.807) is 0 Å². The van der Waals surface area contributed by atoms with Crippen LogP contribution < -0.4 is 0 Å². The number of rotatable bonds is 3. The molecule has 42 heavy (non-hydrogen) atoms. The Labute approximate surface area is 242 Å². The Morgan fingerprint density at radius 1 is 0.548 bits per heavy atom. The fraction of sp³-hybridized carbons (Fsp3) is 0. The first kappa shape index (κ1) is 23.8. The predicted octanol–water partition coefficient (Wildman–Crippen LogP) is 9.97. The minimum Gasteiger partial charge on any atom is -0.309 e. The lowest BCUT2D eigenvalue weighted by atomic mass is 10.0. The van der Waals surface area contributed by atoms with E-state index in [0.717, 1.165) is 55.3 Å². The molecule has 0 bridgehead atoms. The second kappa shape index (κ2) is 9.24. The third-order valence-electron chi connectivity index (χ3n) is 8.17. The Balaban J connectivity index is 1.44. The maximum absolute atomic E-state index is 9.58. The van der Waals surface area contributed by atoms with Crippen molar-refractivity contribution in [2.75, 3.05) is 0 Å². The summed E-state index contributed by atoms with van der Waals surface area (Å²) in [6.45, 7) is 7.36. The number of para-hydroxylation sites is 3. The minimum absolute atomic E-state index is 0.630. The SMILES string of the molecule is [C-]#[N+]c1ccc(-c2ccccc2-n2c3ccccc3c3ccc(-n4c5ccccc5c5cc(C#N)ccc54)cc32)cc1. The van der Waals surface area contributed by atoms with E-state index >= 15 is 0 Å². The zero-order valence-corrected chi connectivity index (χ0v) is 22.5. The Bertz CT molecular complexity index is 2430. The third-order valence-corrected chi connectivity index (χ3v) is 8.17. The molecule has 4 nitrogen and oxygen atoms in total. The van der Waals surface area contributed by atoms with Crippen molar-refractivity contribution in [2.45, 2.75) is 0 Å². The summed E-state index contributed by atoms with van der Waals surface area (Å²) in [4.78, 5) is 3.57. The van der Waals surface area contributed by atoms with Crippen LogP contribution in [0.5, 0.6) is 0 Å². The number of benzene rings is 6. The average molecular weight is 535 g/mol. The van der Waals surface area contributed by atoms with Crippen molar-refractivity contribution in [3.63, 3.8) is 0 Å². The van der Waals surface area contributed by atoms with Crippen LogP contribution in [0.15, 0.2) is 133 Å². The summed E-state index contributed by atoms with van der Waals surface area (Å²) in [5, 5.41) is 14.1. The molecule has 194 valence electrons. The molecular formula is C38H22N4. The van der Waals surface area contributed by atoms with Crippen LogP contribution in [-0.4, -0.2) is 9.13 Å². The van der Waals surface area contributed by atoms with Crippen LogP contribution in [0, 0.1) is 17.9 Å². The zero-order chi connectivity index (χ0) is 28.2. The molecule has 0 aliphatic carbocycles. The minimum atomic E-state index is 0.630. The normalized spacial score (nSPS) is 11.3. The fourth-order valence-electron chi connectivity index (χ4n) is 6.31. The van der Waals surface area contributed by atoms with Gasteiger partial charge in [0.1, 0.15) is 0 Å². The molecule has 8 aromatic rings. The van der Waals surface area contributed by atoms with E-state index in [4.69, 9.17) is 6.57 Å². The molecule has 8 rings (SSSR count). The van der Waals surface area contributed by atoms with E-state index in [9.17, 15) is 5.26 Å². The van der Waals surface area contributed by atoms with E-state index in [1.165, 1.54) is 10.8 Å². The van der Waals surface area contributed by atoms with Gasteiger partial charge < -0.3 is 9.13 Å². The molecule has 0 saturated carbocycles. The molecule has 6 aromatic carbocycles. The average Bonchev–Trinajstić information content (AvgIpc) is 3.56. The highest BCUT2D eigenvalue weighted by atomic mass is 15.0. The second-order valence-electron chi connectivity index (χ2n) is 10.4. The van der Waals surface area contributed by atoms with Gasteiger partial charge in [-0.2, -0.15) is 5.26 Å². The molecule has 4 heteroatoms. The number of hydrogen-bond acceptors (Lipinski definition) is 1. The number of nitriles is 1. The van der Waals surface area contributed by atoms with Crippen molar-refractivity contribution >= 4 is 49.3 Å². The smallest absolute Gasteiger partial charge is 0.187 e. The largest absolute Gasteiger partial charge is 0.309 e. The summed E-state index contributed by atoms with van der Waals surface area (Å²) >= 11 is 0. The van der Waals surface area contributed by atoms with E-state index in [-0.39, 0.29) is 0 Å². The van der Waals surface area contributed by atoms with E-state index in [1.807, 2.05) is 42.5 Å². The van der Waals surface area contributed by atoms with Gasteiger partial charge in [-0.25, -0.2) is 4.85 Å². The maximum Gasteiger partial charge on any atom is 0.187 e. The van der Waals surface area contributed by atoms with E-state index in [0.29, 0.717) is 11.3 Å². The molecule has 0 N–H and O–H groups in total. The molecule has 0 radical (unpaired) electrons. The van der Waals surface area contributed by atoms with Crippen LogP contribution in [-0.2, 0) is 0 Å². The molecule has 0 unspecified atom stereocenters. The summed E-state index contributed by atoms with van der Waals surface area (Å²) in [5.74, 6) is 0. The van der Waals surface area contributed by atoms with Crippen molar-refractivity contribution in [3.05, 3.63) is 150 Å². The van der Waals surface area contributed by atoms with Crippen molar-refractivity contribution in [1.29, 1.82) is 5.26 Å². The lowest BCUT2D eigenvalue weighted by molar-refractivity contribution is 1.16. The van der Waals surface area contributed by atoms with Gasteiger partial charge in [-0.3, -0.25) is 0 Å². The molecule has 0 aliphatic rings. The number of fused-ring (bicyclic) bond motifs is 6. The molecule has 0 saturated heterocycles. The molecule has 0 aliphatic heterocycles. The number of hydrogen-bond donors (Lipinski definition) is 0. The summed E-state index contributed by atoms with van der Waals surface area (Å²) in [5.41, 5.74) is 10.0. The summed E-state index contributed by atoms with van der Waals surface area (Å²) < 4.78 is 4.65. The monoisotopic (exact) mass is 534 g/mol. The van der Waals surface area contributed by atoms with Gasteiger partial charge in [0.2, 0.25) is 0 Å². The van der Waals surface area contributed by atoms with Crippen LogP contribution in [0.2, 0.25) is 0 Å². The quantitative estimate of drug-likeness (QED) is 0.208. The Hall–Kier alpha value is -6.10. The molecule has 0 amide bonds. The van der Waals surface area contributed by atoms with Crippen molar-refractivity contribution < 1.29 is 0 Å². The van der Waals surface area contributed by atoms with Gasteiger partial charge in [0, 0.05) is 32.8 Å². The van der Waals surface area contributed by atoms with E-state index < -0.39 is 0 Å². The Kier molecular flexibility index (Phi) is 5.22. The van der Waals surface area contributed by atoms with Crippen LogP contribution >= 0.6 is 0 Å². The van der Waals surface area contributed by atoms with Crippen LogP contribution in [0.25, 0.3) is 71.0 Å². The molecule has 2 heterocycles. The molecule has 2 aromatic heterocycles. The molecule has 0 fully saturated rings. The predicted molar refractivity (Wildman–Crippen MR) is 172 cm³/mol. The maximum atomic E-state index is 9.58. The topological polar surface area (TPSA) is 38.0 Å². The second-order valence-corrected chi connectivity index (χ2v) is 10.4. The summed E-state index contributed by atoms with van der Waals surface area (Å²) in [7, 11) is 0. The van der Waals surface area contributed by atoms with Gasteiger partial charge in [-0.15, -0.1) is 0 Å². The fourth-order valence-corrected chi connectivity index (χ4v) is 6.31. The van der Waals surface area contributed by atoms with Gasteiger partial charge >= 0.3 is 0 Å². The highest BCUT2D eigenvalue weighted by molar-refractivity contribution is 6.12. The lowest BCUT2D eigenvalue weighted by Crippen LogP contribution is -1.98. The molecule has 0 spiro atoms. The van der Waals surface area contributed by atoms with Gasteiger partial charge in [0.15, 0.2) is 5.69 Å². The van der Waals surface area contributed by atoms with Crippen molar-refractivity contribution in [2.24, 2.45) is 0 Å². The lowest BCUT2D eigenvalue weighted by Gasteiger charge is -2.15. The van der Waals surface area contributed by atoms with Gasteiger partial charge in [0.25, 0.3) is 0 Å². The zero-order valence-electron chi connectivity index (χ0n) is 22.5. The molecular weight excluding hydrogens is 512 g/mol. The summed E-state index contributed by atoms with van der Waals surface area (Å²) in [6, 6.07) is 48.1. The highest BCUT2D eigenvalue weighted by Crippen LogP contribution is 2.39. The molecule has 0 atom stereocenters. The number of aromatic nitrogens is 2. The van der Waals surface area contributed by atoms with Crippen molar-refractivity contribution in [3.8, 4) is 28.6 Å². The first-order chi connectivity index (χ1) is 20.7.